The molecule has 6 nitrogen and oxygen atoms in total. The molecular formula is C6H12N4O2. The maximum absolute atomic E-state index is 10.7. The third-order valence-electron chi connectivity index (χ3n) is 1.72. The van der Waals surface area contributed by atoms with Crippen LogP contribution in [0.5, 0.6) is 0 Å². The van der Waals surface area contributed by atoms with E-state index in [0.29, 0.717) is 12.3 Å². The molecule has 0 aromatic heterocycles. The maximum Gasteiger partial charge on any atom is 0.328 e. The summed E-state index contributed by atoms with van der Waals surface area (Å²) in [5.41, 5.74) is 5.13. The zero-order chi connectivity index (χ0) is 9.14. The van der Waals surface area contributed by atoms with Crippen molar-refractivity contribution in [1.29, 1.82) is 0 Å². The van der Waals surface area contributed by atoms with Gasteiger partial charge in [-0.2, -0.15) is 0 Å². The van der Waals surface area contributed by atoms with Crippen molar-refractivity contribution in [3.05, 3.63) is 0 Å². The molecule has 0 fully saturated rings. The normalized spacial score (nSPS) is 18.5. The first-order valence-electron chi connectivity index (χ1n) is 3.73. The van der Waals surface area contributed by atoms with Crippen LogP contribution in [0.4, 0.5) is 0 Å². The van der Waals surface area contributed by atoms with Gasteiger partial charge in [0.25, 0.3) is 0 Å². The lowest BCUT2D eigenvalue weighted by Gasteiger charge is -2.23. The number of amidine groups is 1. The summed E-state index contributed by atoms with van der Waals surface area (Å²) in [5, 5.41) is 14.1. The Morgan fingerprint density at radius 1 is 1.83 bits per heavy atom. The summed E-state index contributed by atoms with van der Waals surface area (Å²) in [6, 6.07) is -0.566. The van der Waals surface area contributed by atoms with Crippen LogP contribution in [-0.4, -0.2) is 28.0 Å². The van der Waals surface area contributed by atoms with Crippen LogP contribution in [0.25, 0.3) is 0 Å². The number of hydrazine groups is 2. The van der Waals surface area contributed by atoms with Gasteiger partial charge in [-0.25, -0.2) is 10.3 Å². The molecule has 1 atom stereocenters. The number of hydrazone groups is 1. The fourth-order valence-electron chi connectivity index (χ4n) is 1.07. The van der Waals surface area contributed by atoms with E-state index in [-0.39, 0.29) is 0 Å². The second-order valence-electron chi connectivity index (χ2n) is 2.51. The topological polar surface area (TPSA) is 77.0 Å². The summed E-state index contributed by atoms with van der Waals surface area (Å²) >= 11 is 0. The van der Waals surface area contributed by atoms with Crippen molar-refractivity contribution in [2.45, 2.75) is 26.3 Å². The molecule has 0 aromatic carbocycles. The smallest absolute Gasteiger partial charge is 0.328 e. The van der Waals surface area contributed by atoms with E-state index in [4.69, 9.17) is 5.11 Å². The minimum atomic E-state index is -0.858. The van der Waals surface area contributed by atoms with Gasteiger partial charge in [0.15, 0.2) is 0 Å². The Bertz CT molecular complexity index is 216. The first-order chi connectivity index (χ1) is 5.66. The monoisotopic (exact) mass is 172 g/mol. The molecule has 0 amide bonds. The van der Waals surface area contributed by atoms with Crippen LogP contribution in [0.15, 0.2) is 5.10 Å². The lowest BCUT2D eigenvalue weighted by Crippen LogP contribution is -2.50. The Balaban J connectivity index is 2.66. The second-order valence-corrected chi connectivity index (χ2v) is 2.51. The number of carbonyl (C=O) groups is 1. The van der Waals surface area contributed by atoms with Crippen LogP contribution < -0.4 is 11.1 Å². The average Bonchev–Trinajstić information content (AvgIpc) is 2.38. The molecular weight excluding hydrogens is 160 g/mol. The molecule has 3 N–H and O–H groups in total. The molecule has 0 aromatic rings. The van der Waals surface area contributed by atoms with E-state index in [9.17, 15) is 4.79 Å². The largest absolute Gasteiger partial charge is 0.480 e. The van der Waals surface area contributed by atoms with Crippen molar-refractivity contribution in [3.63, 3.8) is 0 Å². The second kappa shape index (κ2) is 3.40. The van der Waals surface area contributed by atoms with Gasteiger partial charge in [-0.15, -0.1) is 10.6 Å². The zero-order valence-corrected chi connectivity index (χ0v) is 7.03. The number of carboxylic acid groups (broad SMARTS) is 1. The van der Waals surface area contributed by atoms with Crippen molar-refractivity contribution in [2.24, 2.45) is 5.10 Å². The van der Waals surface area contributed by atoms with E-state index < -0.39 is 12.0 Å². The van der Waals surface area contributed by atoms with Crippen LogP contribution >= 0.6 is 0 Å². The van der Waals surface area contributed by atoms with Crippen LogP contribution in [0, 0.1) is 0 Å². The Labute approximate surface area is 70.2 Å². The Hall–Kier alpha value is -1.30. The van der Waals surface area contributed by atoms with Gasteiger partial charge in [0.1, 0.15) is 11.9 Å². The van der Waals surface area contributed by atoms with Gasteiger partial charge in [-0.1, -0.05) is 6.92 Å². The molecule has 1 heterocycles. The van der Waals surface area contributed by atoms with Gasteiger partial charge >= 0.3 is 5.97 Å². The lowest BCUT2D eigenvalue weighted by atomic mass is 10.2. The molecule has 0 bridgehead atoms. The van der Waals surface area contributed by atoms with E-state index in [2.05, 4.69) is 16.2 Å². The van der Waals surface area contributed by atoms with E-state index >= 15 is 0 Å². The van der Waals surface area contributed by atoms with Crippen LogP contribution in [0.3, 0.4) is 0 Å². The third-order valence-corrected chi connectivity index (χ3v) is 1.72. The van der Waals surface area contributed by atoms with Crippen molar-refractivity contribution in [1.82, 2.24) is 16.1 Å². The van der Waals surface area contributed by atoms with E-state index in [1.54, 1.807) is 6.92 Å². The number of rotatable bonds is 3. The zero-order valence-electron chi connectivity index (χ0n) is 7.03. The van der Waals surface area contributed by atoms with Crippen molar-refractivity contribution >= 4 is 11.8 Å². The fourth-order valence-corrected chi connectivity index (χ4v) is 1.07. The minimum Gasteiger partial charge on any atom is -0.480 e. The number of nitrogens with one attached hydrogen (secondary N) is 2. The third kappa shape index (κ3) is 1.48. The molecule has 0 saturated carbocycles. The van der Waals surface area contributed by atoms with Crippen LogP contribution in [0.1, 0.15) is 20.3 Å². The summed E-state index contributed by atoms with van der Waals surface area (Å²) in [6.07, 6.45) is 0.525. The highest BCUT2D eigenvalue weighted by Crippen LogP contribution is 2.04. The molecule has 0 radical (unpaired) electrons. The first kappa shape index (κ1) is 8.79. The molecule has 1 unspecified atom stereocenters. The van der Waals surface area contributed by atoms with Crippen LogP contribution in [-0.2, 0) is 4.79 Å². The number of aliphatic carboxylic acids is 1. The highest BCUT2D eigenvalue weighted by atomic mass is 16.4. The van der Waals surface area contributed by atoms with E-state index in [1.165, 1.54) is 5.01 Å². The molecule has 0 saturated heterocycles. The highest BCUT2D eigenvalue weighted by Gasteiger charge is 2.27. The van der Waals surface area contributed by atoms with Crippen LogP contribution in [0.2, 0.25) is 0 Å². The molecule has 0 aliphatic carbocycles. The van der Waals surface area contributed by atoms with E-state index in [0.717, 1.165) is 0 Å². The molecule has 1 aliphatic heterocycles. The van der Waals surface area contributed by atoms with Gasteiger partial charge in [0.05, 0.1) is 0 Å². The molecule has 0 spiro atoms. The van der Waals surface area contributed by atoms with E-state index in [1.807, 2.05) is 6.92 Å². The highest BCUT2D eigenvalue weighted by molar-refractivity contribution is 5.85. The summed E-state index contributed by atoms with van der Waals surface area (Å²) in [7, 11) is 0. The number of nitrogens with zero attached hydrogens (tertiary/aromatic N) is 2. The maximum atomic E-state index is 10.7. The predicted molar refractivity (Wildman–Crippen MR) is 42.9 cm³/mol. The molecule has 1 aliphatic rings. The molecule has 12 heavy (non-hydrogen) atoms. The van der Waals surface area contributed by atoms with Gasteiger partial charge in [0.2, 0.25) is 0 Å². The van der Waals surface area contributed by atoms with Crippen molar-refractivity contribution < 1.29 is 9.90 Å². The Morgan fingerprint density at radius 2 is 2.50 bits per heavy atom. The first-order valence-corrected chi connectivity index (χ1v) is 3.73. The number of hydrogen-bond acceptors (Lipinski definition) is 5. The summed E-state index contributed by atoms with van der Waals surface area (Å²) < 4.78 is 0. The molecule has 6 heteroatoms. The van der Waals surface area contributed by atoms with Crippen molar-refractivity contribution in [3.8, 4) is 0 Å². The fraction of sp³-hybridized carbons (Fsp3) is 0.667. The Morgan fingerprint density at radius 3 is 2.83 bits per heavy atom. The molecule has 68 valence electrons. The van der Waals surface area contributed by atoms with Crippen molar-refractivity contribution in [2.75, 3.05) is 0 Å². The summed E-state index contributed by atoms with van der Waals surface area (Å²) in [5.74, 6) is -0.229. The number of hydrogen-bond donors (Lipinski definition) is 3. The average molecular weight is 172 g/mol. The van der Waals surface area contributed by atoms with Gasteiger partial charge in [0, 0.05) is 0 Å². The molecule has 1 rings (SSSR count). The lowest BCUT2D eigenvalue weighted by molar-refractivity contribution is -0.142. The van der Waals surface area contributed by atoms with Gasteiger partial charge < -0.3 is 5.11 Å². The van der Waals surface area contributed by atoms with Gasteiger partial charge in [-0.3, -0.25) is 5.01 Å². The SMILES string of the molecule is CCC(C(=O)O)N1NNN=C1C. The predicted octanol–water partition coefficient (Wildman–Crippen LogP) is -0.492. The quantitative estimate of drug-likeness (QED) is 0.535. The van der Waals surface area contributed by atoms with Gasteiger partial charge in [-0.05, 0) is 13.3 Å². The minimum absolute atomic E-state index is 0.525. The summed E-state index contributed by atoms with van der Waals surface area (Å²) in [6.45, 7) is 3.55. The standard InChI is InChI=1S/C6H12N4O2/c1-3-5(6(11)12)10-4(2)7-8-9-10/h5,8-9H,3H2,1-2H3,(H,11,12). The summed E-state index contributed by atoms with van der Waals surface area (Å²) in [4.78, 5) is 10.7. The Kier molecular flexibility index (Phi) is 2.49. The number of carboxylic acids is 1.